The number of piperidine rings is 1. The lowest BCUT2D eigenvalue weighted by Gasteiger charge is -2.36. The molecule has 0 bridgehead atoms. The maximum atomic E-state index is 12.4. The van der Waals surface area contributed by atoms with Crippen molar-refractivity contribution < 1.29 is 14.3 Å². The summed E-state index contributed by atoms with van der Waals surface area (Å²) in [6.45, 7) is 8.89. The molecule has 0 saturated carbocycles. The molecule has 150 valence electrons. The fourth-order valence-electron chi connectivity index (χ4n) is 3.29. The first-order chi connectivity index (χ1) is 12.9. The first kappa shape index (κ1) is 21.2. The lowest BCUT2D eigenvalue weighted by Crippen LogP contribution is -2.50. The van der Waals surface area contributed by atoms with Crippen molar-refractivity contribution in [3.63, 3.8) is 0 Å². The van der Waals surface area contributed by atoms with Crippen LogP contribution in [-0.4, -0.2) is 54.0 Å². The van der Waals surface area contributed by atoms with E-state index in [4.69, 9.17) is 10.5 Å². The van der Waals surface area contributed by atoms with Gasteiger partial charge in [-0.3, -0.25) is 4.79 Å². The summed E-state index contributed by atoms with van der Waals surface area (Å²) in [6.07, 6.45) is 1.50. The zero-order valence-corrected chi connectivity index (χ0v) is 16.8. The summed E-state index contributed by atoms with van der Waals surface area (Å²) in [5, 5.41) is 0. The highest BCUT2D eigenvalue weighted by Gasteiger charge is 2.29. The number of carbonyl (C=O) groups is 2. The van der Waals surface area contributed by atoms with Gasteiger partial charge in [0.05, 0.1) is 6.04 Å². The molecule has 0 radical (unpaired) electrons. The van der Waals surface area contributed by atoms with Crippen molar-refractivity contribution >= 4 is 12.0 Å². The fourth-order valence-corrected chi connectivity index (χ4v) is 3.29. The molecule has 1 aliphatic heterocycles. The van der Waals surface area contributed by atoms with Crippen LogP contribution < -0.4 is 5.73 Å². The highest BCUT2D eigenvalue weighted by atomic mass is 16.6. The Hall–Kier alpha value is -2.08. The number of hydrogen-bond donors (Lipinski definition) is 1. The lowest BCUT2D eigenvalue weighted by molar-refractivity contribution is -0.135. The van der Waals surface area contributed by atoms with E-state index in [9.17, 15) is 9.59 Å². The molecule has 27 heavy (non-hydrogen) atoms. The number of hydrogen-bond acceptors (Lipinski definition) is 4. The molecule has 0 aromatic heterocycles. The second-order valence-corrected chi connectivity index (χ2v) is 7.62. The molecule has 2 amide bonds. The van der Waals surface area contributed by atoms with Crippen LogP contribution in [0.5, 0.6) is 0 Å². The largest absolute Gasteiger partial charge is 0.445 e. The van der Waals surface area contributed by atoms with Crippen LogP contribution in [-0.2, 0) is 16.1 Å². The Kier molecular flexibility index (Phi) is 8.10. The third-order valence-corrected chi connectivity index (χ3v) is 5.25. The SMILES string of the molecule is CCN(CC1CCN(C(=O)[C@@H](N)C(C)C)CC1)C(=O)OCc1ccccc1. The number of amides is 2. The van der Waals surface area contributed by atoms with Gasteiger partial charge in [0.1, 0.15) is 6.61 Å². The summed E-state index contributed by atoms with van der Waals surface area (Å²) < 4.78 is 5.45. The molecule has 0 spiro atoms. The Balaban J connectivity index is 1.78. The molecule has 0 unspecified atom stereocenters. The topological polar surface area (TPSA) is 75.9 Å². The number of rotatable bonds is 7. The first-order valence-corrected chi connectivity index (χ1v) is 9.92. The van der Waals surface area contributed by atoms with Crippen LogP contribution in [0.25, 0.3) is 0 Å². The van der Waals surface area contributed by atoms with E-state index in [0.717, 1.165) is 18.4 Å². The zero-order valence-electron chi connectivity index (χ0n) is 16.8. The van der Waals surface area contributed by atoms with Gasteiger partial charge in [-0.1, -0.05) is 44.2 Å². The van der Waals surface area contributed by atoms with Crippen molar-refractivity contribution in [3.05, 3.63) is 35.9 Å². The molecule has 1 heterocycles. The van der Waals surface area contributed by atoms with Gasteiger partial charge in [0.15, 0.2) is 0 Å². The average molecular weight is 376 g/mol. The number of nitrogens with zero attached hydrogens (tertiary/aromatic N) is 2. The molecule has 1 aliphatic rings. The maximum absolute atomic E-state index is 12.4. The lowest BCUT2D eigenvalue weighted by atomic mass is 9.94. The van der Waals surface area contributed by atoms with Crippen molar-refractivity contribution in [1.82, 2.24) is 9.80 Å². The van der Waals surface area contributed by atoms with E-state index in [1.165, 1.54) is 0 Å². The second-order valence-electron chi connectivity index (χ2n) is 7.62. The molecule has 2 N–H and O–H groups in total. The molecule has 1 fully saturated rings. The van der Waals surface area contributed by atoms with E-state index in [2.05, 4.69) is 0 Å². The third kappa shape index (κ3) is 6.24. The Bertz CT molecular complexity index is 598. The molecular formula is C21H33N3O3. The summed E-state index contributed by atoms with van der Waals surface area (Å²) in [5.41, 5.74) is 6.97. The van der Waals surface area contributed by atoms with Crippen LogP contribution in [0.1, 0.15) is 39.2 Å². The number of nitrogens with two attached hydrogens (primary N) is 1. The Morgan fingerprint density at radius 3 is 2.41 bits per heavy atom. The molecule has 6 heteroatoms. The first-order valence-electron chi connectivity index (χ1n) is 9.92. The Labute approximate surface area is 162 Å². The minimum atomic E-state index is -0.429. The van der Waals surface area contributed by atoms with E-state index in [1.807, 2.05) is 56.0 Å². The normalized spacial score (nSPS) is 16.3. The monoisotopic (exact) mass is 375 g/mol. The summed E-state index contributed by atoms with van der Waals surface area (Å²) in [7, 11) is 0. The van der Waals surface area contributed by atoms with Crippen LogP contribution in [0.2, 0.25) is 0 Å². The zero-order chi connectivity index (χ0) is 19.8. The Morgan fingerprint density at radius 2 is 1.85 bits per heavy atom. The summed E-state index contributed by atoms with van der Waals surface area (Å²) in [4.78, 5) is 28.4. The molecule has 1 aromatic rings. The van der Waals surface area contributed by atoms with E-state index in [-0.39, 0.29) is 24.5 Å². The van der Waals surface area contributed by atoms with Crippen molar-refractivity contribution in [3.8, 4) is 0 Å². The van der Waals surface area contributed by atoms with Gasteiger partial charge in [0, 0.05) is 26.2 Å². The highest BCUT2D eigenvalue weighted by Crippen LogP contribution is 2.20. The highest BCUT2D eigenvalue weighted by molar-refractivity contribution is 5.82. The van der Waals surface area contributed by atoms with Crippen molar-refractivity contribution in [2.75, 3.05) is 26.2 Å². The standard InChI is InChI=1S/C21H33N3O3/c1-4-23(21(26)27-15-18-8-6-5-7-9-18)14-17-10-12-24(13-11-17)20(25)19(22)16(2)3/h5-9,16-17,19H,4,10-15,22H2,1-3H3/t19-/m0/s1. The Morgan fingerprint density at radius 1 is 1.22 bits per heavy atom. The van der Waals surface area contributed by atoms with Gasteiger partial charge in [0.2, 0.25) is 5.91 Å². The quantitative estimate of drug-likeness (QED) is 0.795. The van der Waals surface area contributed by atoms with Crippen LogP contribution >= 0.6 is 0 Å². The van der Waals surface area contributed by atoms with Crippen LogP contribution in [0, 0.1) is 11.8 Å². The number of likely N-dealkylation sites (tertiary alicyclic amines) is 1. The van der Waals surface area contributed by atoms with Gasteiger partial charge < -0.3 is 20.3 Å². The molecule has 6 nitrogen and oxygen atoms in total. The predicted octanol–water partition coefficient (Wildman–Crippen LogP) is 2.87. The summed E-state index contributed by atoms with van der Waals surface area (Å²) in [5.74, 6) is 0.566. The number of carbonyl (C=O) groups excluding carboxylic acids is 2. The van der Waals surface area contributed by atoms with Gasteiger partial charge >= 0.3 is 6.09 Å². The van der Waals surface area contributed by atoms with Crippen LogP contribution in [0.4, 0.5) is 4.79 Å². The van der Waals surface area contributed by atoms with E-state index >= 15 is 0 Å². The number of ether oxygens (including phenoxy) is 1. The van der Waals surface area contributed by atoms with Gasteiger partial charge in [-0.25, -0.2) is 4.79 Å². The van der Waals surface area contributed by atoms with Gasteiger partial charge in [-0.05, 0) is 37.2 Å². The second kappa shape index (κ2) is 10.3. The predicted molar refractivity (Wildman–Crippen MR) is 106 cm³/mol. The van der Waals surface area contributed by atoms with Crippen LogP contribution in [0.3, 0.4) is 0 Å². The minimum Gasteiger partial charge on any atom is -0.445 e. The van der Waals surface area contributed by atoms with Gasteiger partial charge in [0.25, 0.3) is 0 Å². The minimum absolute atomic E-state index is 0.0399. The average Bonchev–Trinajstić information content (AvgIpc) is 2.70. The van der Waals surface area contributed by atoms with Gasteiger partial charge in [-0.2, -0.15) is 0 Å². The van der Waals surface area contributed by atoms with E-state index < -0.39 is 6.04 Å². The van der Waals surface area contributed by atoms with Crippen LogP contribution in [0.15, 0.2) is 30.3 Å². The van der Waals surface area contributed by atoms with Gasteiger partial charge in [-0.15, -0.1) is 0 Å². The molecule has 1 atom stereocenters. The van der Waals surface area contributed by atoms with Crippen molar-refractivity contribution in [2.45, 2.75) is 46.3 Å². The fraction of sp³-hybridized carbons (Fsp3) is 0.619. The molecule has 1 saturated heterocycles. The van der Waals surface area contributed by atoms with Crippen molar-refractivity contribution in [2.24, 2.45) is 17.6 Å². The third-order valence-electron chi connectivity index (χ3n) is 5.25. The van der Waals surface area contributed by atoms with E-state index in [0.29, 0.717) is 32.1 Å². The van der Waals surface area contributed by atoms with Crippen molar-refractivity contribution in [1.29, 1.82) is 0 Å². The molecule has 1 aromatic carbocycles. The number of benzene rings is 1. The molecule has 0 aliphatic carbocycles. The smallest absolute Gasteiger partial charge is 0.410 e. The summed E-state index contributed by atoms with van der Waals surface area (Å²) in [6, 6.07) is 9.26. The van der Waals surface area contributed by atoms with E-state index in [1.54, 1.807) is 4.90 Å². The maximum Gasteiger partial charge on any atom is 0.410 e. The molecular weight excluding hydrogens is 342 g/mol. The molecule has 2 rings (SSSR count). The summed E-state index contributed by atoms with van der Waals surface area (Å²) >= 11 is 0.